The molecule has 0 saturated heterocycles. The zero-order chi connectivity index (χ0) is 11.0. The van der Waals surface area contributed by atoms with Crippen molar-refractivity contribution in [3.05, 3.63) is 24.3 Å². The van der Waals surface area contributed by atoms with Gasteiger partial charge in [-0.15, -0.1) is 37.2 Å². The third-order valence-electron chi connectivity index (χ3n) is 0.899. The molecule has 0 saturated carbocycles. The molecule has 0 rings (SSSR count). The van der Waals surface area contributed by atoms with Crippen LogP contribution in [-0.2, 0) is 14.3 Å². The summed E-state index contributed by atoms with van der Waals surface area (Å²) < 4.78 is 4.27. The van der Waals surface area contributed by atoms with Crippen molar-refractivity contribution in [1.29, 1.82) is 0 Å². The number of hydrogen-bond acceptors (Lipinski definition) is 3. The molecule has 7 heteroatoms. The average molecular weight is 296 g/mol. The number of aliphatic carboxylic acids is 1. The highest BCUT2D eigenvalue weighted by molar-refractivity contribution is 5.86. The fourth-order valence-electron chi connectivity index (χ4n) is 0.174. The number of carbonyl (C=O) groups is 2. The van der Waals surface area contributed by atoms with Gasteiger partial charge in [-0.2, -0.15) is 0 Å². The van der Waals surface area contributed by atoms with Crippen molar-refractivity contribution in [3.8, 4) is 0 Å². The van der Waals surface area contributed by atoms with Gasteiger partial charge in [-0.1, -0.05) is 13.2 Å². The Morgan fingerprint density at radius 3 is 1.25 bits per heavy atom. The number of carboxylic acid groups (broad SMARTS) is 1. The molecule has 0 fully saturated rings. The molecule has 0 heterocycles. The number of hydrogen-bond donors (Lipinski definition) is 1. The van der Waals surface area contributed by atoms with Crippen LogP contribution in [-0.4, -0.2) is 24.2 Å². The molecule has 1 N–H and O–H groups in total. The van der Waals surface area contributed by atoms with Gasteiger partial charge in [0.15, 0.2) is 0 Å². The second-order valence-electron chi connectivity index (χ2n) is 2.36. The van der Waals surface area contributed by atoms with Crippen LogP contribution < -0.4 is 0 Å². The van der Waals surface area contributed by atoms with Gasteiger partial charge in [0.05, 0.1) is 7.11 Å². The molecule has 0 aliphatic heterocycles. The van der Waals surface area contributed by atoms with Gasteiger partial charge < -0.3 is 9.84 Å². The molecule has 98 valence electrons. The van der Waals surface area contributed by atoms with Crippen LogP contribution in [0.15, 0.2) is 24.3 Å². The Hall–Kier alpha value is -0.710. The van der Waals surface area contributed by atoms with Gasteiger partial charge in [0.1, 0.15) is 0 Å². The normalized spacial score (nSPS) is 6.19. The number of carbonyl (C=O) groups excluding carboxylic acids is 1. The molecule has 0 atom stereocenters. The molecule has 0 radical (unpaired) electrons. The van der Waals surface area contributed by atoms with Gasteiger partial charge in [0.25, 0.3) is 0 Å². The van der Waals surface area contributed by atoms with Crippen LogP contribution in [0.25, 0.3) is 0 Å². The molecule has 0 aromatic carbocycles. The third-order valence-corrected chi connectivity index (χ3v) is 0.899. The summed E-state index contributed by atoms with van der Waals surface area (Å²) in [6.45, 7) is 9.56. The van der Waals surface area contributed by atoms with E-state index in [-0.39, 0.29) is 48.8 Å². The molecule has 4 nitrogen and oxygen atoms in total. The lowest BCUT2D eigenvalue weighted by atomic mass is 10.4. The van der Waals surface area contributed by atoms with Crippen molar-refractivity contribution in [2.24, 2.45) is 0 Å². The summed E-state index contributed by atoms with van der Waals surface area (Å²) in [5, 5.41) is 7.89. The first-order valence-electron chi connectivity index (χ1n) is 3.45. The predicted molar refractivity (Wildman–Crippen MR) is 71.0 cm³/mol. The monoisotopic (exact) mass is 294 g/mol. The number of halogens is 3. The molecule has 16 heavy (non-hydrogen) atoms. The van der Waals surface area contributed by atoms with Crippen LogP contribution in [0.1, 0.15) is 13.8 Å². The minimum absolute atomic E-state index is 0. The van der Waals surface area contributed by atoms with Crippen LogP contribution in [0.5, 0.6) is 0 Å². The van der Waals surface area contributed by atoms with E-state index in [1.165, 1.54) is 14.0 Å². The minimum atomic E-state index is -0.935. The van der Waals surface area contributed by atoms with E-state index in [0.29, 0.717) is 5.57 Å². The van der Waals surface area contributed by atoms with Crippen molar-refractivity contribution in [1.82, 2.24) is 0 Å². The molecule has 0 bridgehead atoms. The van der Waals surface area contributed by atoms with Gasteiger partial charge in [-0.05, 0) is 13.8 Å². The lowest BCUT2D eigenvalue weighted by Gasteiger charge is -1.91. The fourth-order valence-corrected chi connectivity index (χ4v) is 0.174. The van der Waals surface area contributed by atoms with Crippen LogP contribution in [0, 0.1) is 0 Å². The van der Waals surface area contributed by atoms with E-state index in [4.69, 9.17) is 5.11 Å². The van der Waals surface area contributed by atoms with E-state index in [9.17, 15) is 9.59 Å². The maximum atomic E-state index is 10.2. The first-order valence-corrected chi connectivity index (χ1v) is 3.45. The maximum Gasteiger partial charge on any atom is 0.332 e. The van der Waals surface area contributed by atoms with Crippen LogP contribution in [0.3, 0.4) is 0 Å². The van der Waals surface area contributed by atoms with E-state index in [0.717, 1.165) is 0 Å². The standard InChI is InChI=1S/C5H8O2.C4H6O2.3ClH/c1-4(2)5(6)7-3;1-3(2)4(5)6;;;/h1H2,2-3H3;1H2,2H3,(H,5,6);3*1H. The topological polar surface area (TPSA) is 63.6 Å². The number of esters is 1. The van der Waals surface area contributed by atoms with E-state index >= 15 is 0 Å². The summed E-state index contributed by atoms with van der Waals surface area (Å²) in [5.41, 5.74) is 0.609. The molecule has 0 aromatic rings. The van der Waals surface area contributed by atoms with Crippen molar-refractivity contribution in [2.75, 3.05) is 7.11 Å². The van der Waals surface area contributed by atoms with E-state index in [2.05, 4.69) is 17.9 Å². The quantitative estimate of drug-likeness (QED) is 0.628. The Labute approximate surface area is 114 Å². The Morgan fingerprint density at radius 2 is 1.25 bits per heavy atom. The Kier molecular flexibility index (Phi) is 30.8. The van der Waals surface area contributed by atoms with Gasteiger partial charge in [-0.3, -0.25) is 0 Å². The molecule has 0 aliphatic rings. The Balaban J connectivity index is -0.0000000428. The Bertz CT molecular complexity index is 227. The average Bonchev–Trinajstić information content (AvgIpc) is 2.03. The number of methoxy groups -OCH3 is 1. The summed E-state index contributed by atoms with van der Waals surface area (Å²) in [5.74, 6) is -1.28. The summed E-state index contributed by atoms with van der Waals surface area (Å²) in [6.07, 6.45) is 0. The lowest BCUT2D eigenvalue weighted by molar-refractivity contribution is -0.136. The number of carboxylic acids is 1. The molecular weight excluding hydrogens is 278 g/mol. The SMILES string of the molecule is C=C(C)C(=O)O.C=C(C)C(=O)OC.Cl.Cl.Cl. The van der Waals surface area contributed by atoms with Crippen LogP contribution in [0.4, 0.5) is 0 Å². The first-order chi connectivity index (χ1) is 5.82. The second-order valence-corrected chi connectivity index (χ2v) is 2.36. The molecule has 0 amide bonds. The summed E-state index contributed by atoms with van der Waals surface area (Å²) in [4.78, 5) is 19.8. The number of rotatable bonds is 2. The molecular formula is C9H17Cl3O4. The summed E-state index contributed by atoms with van der Waals surface area (Å²) in [7, 11) is 1.33. The third kappa shape index (κ3) is 23.3. The lowest BCUT2D eigenvalue weighted by Crippen LogP contribution is -1.98. The van der Waals surface area contributed by atoms with E-state index in [1.54, 1.807) is 6.92 Å². The van der Waals surface area contributed by atoms with E-state index < -0.39 is 5.97 Å². The van der Waals surface area contributed by atoms with Gasteiger partial charge in [0.2, 0.25) is 0 Å². The maximum absolute atomic E-state index is 10.2. The minimum Gasteiger partial charge on any atom is -0.478 e. The summed E-state index contributed by atoms with van der Waals surface area (Å²) >= 11 is 0. The van der Waals surface area contributed by atoms with Crippen molar-refractivity contribution >= 4 is 49.2 Å². The molecule has 0 unspecified atom stereocenters. The molecule has 0 aliphatic carbocycles. The number of ether oxygens (including phenoxy) is 1. The van der Waals surface area contributed by atoms with Crippen molar-refractivity contribution in [2.45, 2.75) is 13.8 Å². The van der Waals surface area contributed by atoms with Gasteiger partial charge in [0, 0.05) is 11.1 Å². The molecule has 0 aromatic heterocycles. The van der Waals surface area contributed by atoms with Gasteiger partial charge >= 0.3 is 11.9 Å². The molecule has 0 spiro atoms. The Morgan fingerprint density at radius 1 is 1.00 bits per heavy atom. The van der Waals surface area contributed by atoms with Crippen LogP contribution >= 0.6 is 37.2 Å². The second kappa shape index (κ2) is 16.7. The van der Waals surface area contributed by atoms with Crippen molar-refractivity contribution in [3.63, 3.8) is 0 Å². The highest BCUT2D eigenvalue weighted by Crippen LogP contribution is 1.87. The highest BCUT2D eigenvalue weighted by atomic mass is 35.5. The highest BCUT2D eigenvalue weighted by Gasteiger charge is 1.95. The van der Waals surface area contributed by atoms with E-state index in [1.807, 2.05) is 0 Å². The largest absolute Gasteiger partial charge is 0.478 e. The zero-order valence-electron chi connectivity index (χ0n) is 9.31. The van der Waals surface area contributed by atoms with Crippen molar-refractivity contribution < 1.29 is 19.4 Å². The summed E-state index contributed by atoms with van der Waals surface area (Å²) in [6, 6.07) is 0. The van der Waals surface area contributed by atoms with Crippen LogP contribution in [0.2, 0.25) is 0 Å². The predicted octanol–water partition coefficient (Wildman–Crippen LogP) is 2.65. The first kappa shape index (κ1) is 29.5. The van der Waals surface area contributed by atoms with Gasteiger partial charge in [-0.25, -0.2) is 9.59 Å². The smallest absolute Gasteiger partial charge is 0.332 e. The fraction of sp³-hybridized carbons (Fsp3) is 0.333. The zero-order valence-corrected chi connectivity index (χ0v) is 11.8.